The van der Waals surface area contributed by atoms with Crippen LogP contribution in [0.2, 0.25) is 0 Å². The van der Waals surface area contributed by atoms with E-state index < -0.39 is 29.3 Å². The highest BCUT2D eigenvalue weighted by Gasteiger charge is 2.46. The van der Waals surface area contributed by atoms with Gasteiger partial charge in [0.2, 0.25) is 5.56 Å². The molecule has 0 saturated carbocycles. The highest BCUT2D eigenvalue weighted by molar-refractivity contribution is 5.99. The van der Waals surface area contributed by atoms with E-state index in [9.17, 15) is 22.4 Å². The highest BCUT2D eigenvalue weighted by atomic mass is 19.4. The summed E-state index contributed by atoms with van der Waals surface area (Å²) >= 11 is 0. The van der Waals surface area contributed by atoms with Gasteiger partial charge in [-0.2, -0.15) is 13.2 Å². The number of rotatable bonds is 3. The second kappa shape index (κ2) is 7.08. The fourth-order valence-corrected chi connectivity index (χ4v) is 3.64. The number of amidine groups is 1. The predicted octanol–water partition coefficient (Wildman–Crippen LogP) is 3.61. The van der Waals surface area contributed by atoms with E-state index in [2.05, 4.69) is 20.3 Å². The van der Waals surface area contributed by atoms with Crippen molar-refractivity contribution in [3.63, 3.8) is 0 Å². The van der Waals surface area contributed by atoms with Crippen molar-refractivity contribution in [3.05, 3.63) is 99.5 Å². The standard InChI is InChI=1S/C21H16F4N4O/c1-12-20(13-5-8-15(22)9-6-13,14-7-10-17(26-11-14)21(23,24)25)29-19(27-12)16-3-2-4-18(30)28-16/h2-12H,1H3,(H,27,29)(H,28,30)/t12-,20+/m0/s1. The summed E-state index contributed by atoms with van der Waals surface area (Å²) in [6.07, 6.45) is -3.43. The zero-order chi connectivity index (χ0) is 21.5. The number of hydrogen-bond donors (Lipinski definition) is 2. The van der Waals surface area contributed by atoms with E-state index in [0.29, 0.717) is 22.7 Å². The molecule has 0 radical (unpaired) electrons. The van der Waals surface area contributed by atoms with Crippen LogP contribution in [0.4, 0.5) is 17.6 Å². The van der Waals surface area contributed by atoms with E-state index in [1.165, 1.54) is 24.3 Å². The minimum absolute atomic E-state index is 0.319. The van der Waals surface area contributed by atoms with Gasteiger partial charge in [-0.25, -0.2) is 4.39 Å². The van der Waals surface area contributed by atoms with Gasteiger partial charge in [0.05, 0.1) is 11.7 Å². The van der Waals surface area contributed by atoms with Crippen molar-refractivity contribution in [3.8, 4) is 0 Å². The van der Waals surface area contributed by atoms with Crippen LogP contribution >= 0.6 is 0 Å². The van der Waals surface area contributed by atoms with Crippen LogP contribution in [-0.2, 0) is 11.7 Å². The van der Waals surface area contributed by atoms with Gasteiger partial charge in [-0.05, 0) is 36.8 Å². The van der Waals surface area contributed by atoms with Crippen molar-refractivity contribution in [2.24, 2.45) is 4.99 Å². The normalized spacial score (nSPS) is 21.2. The summed E-state index contributed by atoms with van der Waals surface area (Å²) < 4.78 is 52.5. The number of nitrogens with zero attached hydrogens (tertiary/aromatic N) is 2. The van der Waals surface area contributed by atoms with Crippen LogP contribution in [-0.4, -0.2) is 21.8 Å². The summed E-state index contributed by atoms with van der Waals surface area (Å²) in [5, 5.41) is 3.24. The Hall–Kier alpha value is -3.49. The third-order valence-electron chi connectivity index (χ3n) is 5.10. The van der Waals surface area contributed by atoms with Crippen LogP contribution in [0.3, 0.4) is 0 Å². The highest BCUT2D eigenvalue weighted by Crippen LogP contribution is 2.39. The molecule has 0 fully saturated rings. The Bertz CT molecular complexity index is 1150. The molecule has 2 N–H and O–H groups in total. The molecule has 0 unspecified atom stereocenters. The average molecular weight is 416 g/mol. The molecule has 0 amide bonds. The molecule has 9 heteroatoms. The average Bonchev–Trinajstić information content (AvgIpc) is 3.06. The second-order valence-corrected chi connectivity index (χ2v) is 6.95. The van der Waals surface area contributed by atoms with Gasteiger partial charge in [0, 0.05) is 17.8 Å². The Labute approximate surface area is 168 Å². The van der Waals surface area contributed by atoms with Gasteiger partial charge < -0.3 is 10.3 Å². The molecule has 4 rings (SSSR count). The molecule has 5 nitrogen and oxygen atoms in total. The van der Waals surface area contributed by atoms with E-state index >= 15 is 0 Å². The minimum atomic E-state index is -4.57. The first-order valence-corrected chi connectivity index (χ1v) is 9.05. The van der Waals surface area contributed by atoms with E-state index in [4.69, 9.17) is 0 Å². The number of aromatic nitrogens is 2. The van der Waals surface area contributed by atoms with Gasteiger partial charge in [0.15, 0.2) is 0 Å². The SMILES string of the molecule is C[C@@H]1N=C(c2cccc(=O)[nH]2)N[C@]1(c1ccc(F)cc1)c1ccc(C(F)(F)F)nc1. The smallest absolute Gasteiger partial charge is 0.353 e. The number of alkyl halides is 3. The van der Waals surface area contributed by atoms with E-state index in [1.807, 2.05) is 0 Å². The lowest BCUT2D eigenvalue weighted by molar-refractivity contribution is -0.141. The maximum absolute atomic E-state index is 13.5. The molecule has 0 saturated heterocycles. The summed E-state index contributed by atoms with van der Waals surface area (Å²) in [7, 11) is 0. The largest absolute Gasteiger partial charge is 0.433 e. The Balaban J connectivity index is 1.84. The summed E-state index contributed by atoms with van der Waals surface area (Å²) in [6, 6.07) is 11.9. The molecule has 1 aliphatic rings. The lowest BCUT2D eigenvalue weighted by Gasteiger charge is -2.34. The molecule has 0 spiro atoms. The number of hydrogen-bond acceptors (Lipinski definition) is 4. The monoisotopic (exact) mass is 416 g/mol. The molecule has 3 heterocycles. The zero-order valence-electron chi connectivity index (χ0n) is 15.7. The lowest BCUT2D eigenvalue weighted by atomic mass is 9.79. The molecule has 0 bridgehead atoms. The fraction of sp³-hybridized carbons (Fsp3) is 0.190. The fourth-order valence-electron chi connectivity index (χ4n) is 3.64. The first-order valence-electron chi connectivity index (χ1n) is 9.05. The molecule has 3 aromatic rings. The van der Waals surface area contributed by atoms with Gasteiger partial charge in [0.1, 0.15) is 22.9 Å². The van der Waals surface area contributed by atoms with E-state index in [0.717, 1.165) is 12.3 Å². The Kier molecular flexibility index (Phi) is 4.68. The van der Waals surface area contributed by atoms with Gasteiger partial charge in [-0.1, -0.05) is 24.3 Å². The number of H-pyrrole nitrogens is 1. The third kappa shape index (κ3) is 3.36. The van der Waals surface area contributed by atoms with Crippen LogP contribution in [0.1, 0.15) is 29.4 Å². The van der Waals surface area contributed by atoms with Crippen molar-refractivity contribution >= 4 is 5.84 Å². The van der Waals surface area contributed by atoms with Crippen LogP contribution in [0.5, 0.6) is 0 Å². The summed E-state index contributed by atoms with van der Waals surface area (Å²) in [5.74, 6) is -0.0805. The number of halogens is 4. The minimum Gasteiger partial charge on any atom is -0.353 e. The van der Waals surface area contributed by atoms with Gasteiger partial charge in [-0.3, -0.25) is 14.8 Å². The number of nitrogens with one attached hydrogen (secondary N) is 2. The van der Waals surface area contributed by atoms with Gasteiger partial charge in [0.25, 0.3) is 0 Å². The van der Waals surface area contributed by atoms with Crippen molar-refractivity contribution in [2.45, 2.75) is 24.7 Å². The molecule has 0 aliphatic carbocycles. The van der Waals surface area contributed by atoms with Crippen LogP contribution in [0.15, 0.2) is 70.6 Å². The summed E-state index contributed by atoms with van der Waals surface area (Å²) in [5.41, 5.74) is -0.993. The first-order chi connectivity index (χ1) is 14.2. The van der Waals surface area contributed by atoms with Gasteiger partial charge in [-0.15, -0.1) is 0 Å². The predicted molar refractivity (Wildman–Crippen MR) is 103 cm³/mol. The molecule has 1 aliphatic heterocycles. The summed E-state index contributed by atoms with van der Waals surface area (Å²) in [4.78, 5) is 22.6. The van der Waals surface area contributed by atoms with Crippen molar-refractivity contribution in [1.29, 1.82) is 0 Å². The molecule has 2 aromatic heterocycles. The molecule has 154 valence electrons. The van der Waals surface area contributed by atoms with Crippen LogP contribution in [0.25, 0.3) is 0 Å². The van der Waals surface area contributed by atoms with Crippen molar-refractivity contribution in [1.82, 2.24) is 15.3 Å². The number of aliphatic imine (C=N–C) groups is 1. The molecular weight excluding hydrogens is 400 g/mol. The van der Waals surface area contributed by atoms with E-state index in [1.54, 1.807) is 31.2 Å². The van der Waals surface area contributed by atoms with Crippen molar-refractivity contribution < 1.29 is 17.6 Å². The van der Waals surface area contributed by atoms with Gasteiger partial charge >= 0.3 is 6.18 Å². The Morgan fingerprint density at radius 3 is 2.30 bits per heavy atom. The van der Waals surface area contributed by atoms with E-state index in [-0.39, 0.29) is 5.56 Å². The Morgan fingerprint density at radius 1 is 1.00 bits per heavy atom. The van der Waals surface area contributed by atoms with Crippen LogP contribution in [0, 0.1) is 5.82 Å². The second-order valence-electron chi connectivity index (χ2n) is 6.95. The zero-order valence-corrected chi connectivity index (χ0v) is 15.7. The quantitative estimate of drug-likeness (QED) is 0.641. The number of aromatic amines is 1. The lowest BCUT2D eigenvalue weighted by Crippen LogP contribution is -2.48. The van der Waals surface area contributed by atoms with Crippen LogP contribution < -0.4 is 10.9 Å². The third-order valence-corrected chi connectivity index (χ3v) is 5.10. The number of benzene rings is 1. The summed E-state index contributed by atoms with van der Waals surface area (Å²) in [6.45, 7) is 1.78. The molecule has 2 atom stereocenters. The van der Waals surface area contributed by atoms with Crippen molar-refractivity contribution in [2.75, 3.05) is 0 Å². The topological polar surface area (TPSA) is 70.1 Å². The molecule has 1 aromatic carbocycles. The maximum Gasteiger partial charge on any atom is 0.433 e. The Morgan fingerprint density at radius 2 is 1.70 bits per heavy atom. The maximum atomic E-state index is 13.5. The molecular formula is C21H16F4N4O. The molecule has 30 heavy (non-hydrogen) atoms. The first kappa shape index (κ1) is 19.8. The number of pyridine rings is 2.